The fraction of sp³-hybridized carbons (Fsp3) is 0.714. The molecule has 0 aromatic rings. The number of ketones is 2. The maximum Gasteiger partial charge on any atom is 0.220 e. The van der Waals surface area contributed by atoms with Gasteiger partial charge in [0.05, 0.1) is 6.10 Å². The van der Waals surface area contributed by atoms with E-state index in [2.05, 4.69) is 6.92 Å². The molecular weight excluding hydrogens is 348 g/mol. The summed E-state index contributed by atoms with van der Waals surface area (Å²) in [7, 11) is 0. The van der Waals surface area contributed by atoms with E-state index in [4.69, 9.17) is 0 Å². The van der Waals surface area contributed by atoms with Gasteiger partial charge in [-0.2, -0.15) is 0 Å². The van der Waals surface area contributed by atoms with E-state index in [0.29, 0.717) is 6.42 Å². The van der Waals surface area contributed by atoms with Crippen molar-refractivity contribution in [2.24, 2.45) is 28.6 Å². The Kier molecular flexibility index (Phi) is 4.10. The lowest BCUT2D eigenvalue weighted by Crippen LogP contribution is -2.62. The van der Waals surface area contributed by atoms with Crippen LogP contribution in [0.3, 0.4) is 0 Å². The molecule has 4 rings (SSSR count). The van der Waals surface area contributed by atoms with Crippen molar-refractivity contribution in [3.63, 3.8) is 0 Å². The highest BCUT2D eigenvalue weighted by atomic mass is 16.5. The molecule has 148 valence electrons. The van der Waals surface area contributed by atoms with Crippen molar-refractivity contribution < 1.29 is 30.0 Å². The van der Waals surface area contributed by atoms with Crippen molar-refractivity contribution in [1.82, 2.24) is 0 Å². The third-order valence-corrected chi connectivity index (χ3v) is 8.29. The van der Waals surface area contributed by atoms with Crippen molar-refractivity contribution in [2.45, 2.75) is 63.9 Å². The number of aliphatic hydroxyl groups is 4. The van der Waals surface area contributed by atoms with Crippen LogP contribution in [0.15, 0.2) is 23.8 Å². The second kappa shape index (κ2) is 5.83. The Bertz CT molecular complexity index is 754. The van der Waals surface area contributed by atoms with Gasteiger partial charge in [-0.15, -0.1) is 0 Å². The van der Waals surface area contributed by atoms with Crippen LogP contribution in [0.1, 0.15) is 46.0 Å². The summed E-state index contributed by atoms with van der Waals surface area (Å²) in [6.07, 6.45) is 4.75. The van der Waals surface area contributed by atoms with E-state index in [1.807, 2.05) is 6.08 Å². The van der Waals surface area contributed by atoms with Crippen LogP contribution in [0.2, 0.25) is 0 Å². The lowest BCUT2D eigenvalue weighted by Gasteiger charge is -2.59. The zero-order valence-electron chi connectivity index (χ0n) is 15.8. The Morgan fingerprint density at radius 2 is 1.96 bits per heavy atom. The Balaban J connectivity index is 1.74. The minimum atomic E-state index is -2.22. The molecule has 0 spiro atoms. The largest absolute Gasteiger partial charge is 0.393 e. The predicted molar refractivity (Wildman–Crippen MR) is 96.2 cm³/mol. The van der Waals surface area contributed by atoms with Crippen LogP contribution >= 0.6 is 0 Å². The summed E-state index contributed by atoms with van der Waals surface area (Å²) in [6.45, 7) is 3.87. The monoisotopic (exact) mass is 376 g/mol. The Labute approximate surface area is 158 Å². The lowest BCUT2D eigenvalue weighted by molar-refractivity contribution is -0.194. The molecule has 0 unspecified atom stereocenters. The van der Waals surface area contributed by atoms with E-state index < -0.39 is 34.6 Å². The summed E-state index contributed by atoms with van der Waals surface area (Å²) in [5.74, 6) is -0.978. The molecule has 6 nitrogen and oxygen atoms in total. The number of Topliss-reactive ketones (excluding diaryl/α,β-unsaturated/α-hetero) is 1. The Morgan fingerprint density at radius 1 is 1.26 bits per heavy atom. The SMILES string of the molecule is C[C@]12C=CC(=O)C=C1CC[C@@H]1[C@@H]2[C@@H](O)C[C@@]2(C)[C@H]1CC[C@]2(O)C(=O)C(O)O. The van der Waals surface area contributed by atoms with Gasteiger partial charge in [-0.25, -0.2) is 0 Å². The van der Waals surface area contributed by atoms with Crippen molar-refractivity contribution in [2.75, 3.05) is 0 Å². The van der Waals surface area contributed by atoms with Crippen LogP contribution in [-0.2, 0) is 9.59 Å². The molecule has 0 aromatic heterocycles. The first kappa shape index (κ1) is 19.0. The number of fused-ring (bicyclic) bond motifs is 5. The molecular formula is C21H28O6. The van der Waals surface area contributed by atoms with E-state index in [1.54, 1.807) is 19.1 Å². The lowest BCUT2D eigenvalue weighted by atomic mass is 9.46. The van der Waals surface area contributed by atoms with Crippen molar-refractivity contribution >= 4 is 11.6 Å². The molecule has 4 N–H and O–H groups in total. The molecule has 0 amide bonds. The molecule has 3 fully saturated rings. The maximum atomic E-state index is 12.4. The number of carbonyl (C=O) groups is 2. The van der Waals surface area contributed by atoms with Crippen molar-refractivity contribution in [3.05, 3.63) is 23.8 Å². The average molecular weight is 376 g/mol. The van der Waals surface area contributed by atoms with Crippen LogP contribution in [0.25, 0.3) is 0 Å². The second-order valence-corrected chi connectivity index (χ2v) is 9.35. The van der Waals surface area contributed by atoms with E-state index >= 15 is 0 Å². The van der Waals surface area contributed by atoms with E-state index in [1.165, 1.54) is 0 Å². The molecule has 3 saturated carbocycles. The number of rotatable bonds is 2. The summed E-state index contributed by atoms with van der Waals surface area (Å²) >= 11 is 0. The zero-order valence-corrected chi connectivity index (χ0v) is 15.8. The smallest absolute Gasteiger partial charge is 0.220 e. The molecule has 0 saturated heterocycles. The third kappa shape index (κ3) is 2.33. The van der Waals surface area contributed by atoms with Gasteiger partial charge in [0.15, 0.2) is 5.78 Å². The van der Waals surface area contributed by atoms with Crippen LogP contribution < -0.4 is 0 Å². The first-order chi connectivity index (χ1) is 12.5. The van der Waals surface area contributed by atoms with Gasteiger partial charge in [0.2, 0.25) is 12.1 Å². The van der Waals surface area contributed by atoms with Gasteiger partial charge >= 0.3 is 0 Å². The van der Waals surface area contributed by atoms with Gasteiger partial charge < -0.3 is 20.4 Å². The molecule has 0 radical (unpaired) electrons. The summed E-state index contributed by atoms with van der Waals surface area (Å²) in [5.41, 5.74) is -2.10. The highest BCUT2D eigenvalue weighted by Crippen LogP contribution is 2.67. The van der Waals surface area contributed by atoms with E-state index in [-0.39, 0.29) is 36.4 Å². The minimum absolute atomic E-state index is 0.00278. The highest BCUT2D eigenvalue weighted by Gasteiger charge is 2.68. The molecule has 7 atom stereocenters. The number of aliphatic hydroxyl groups excluding tert-OH is 2. The molecule has 4 aliphatic carbocycles. The predicted octanol–water partition coefficient (Wildman–Crippen LogP) is 0.876. The van der Waals surface area contributed by atoms with Gasteiger partial charge in [0, 0.05) is 16.7 Å². The third-order valence-electron chi connectivity index (χ3n) is 8.29. The summed E-state index contributed by atoms with van der Waals surface area (Å²) in [5, 5.41) is 41.1. The standard InChI is InChI=1S/C21H28O6/c1-19-7-5-12(22)9-11(19)3-4-13-14-6-8-21(27,17(24)18(25)26)20(14,2)10-15(23)16(13)19/h5,7,9,13-16,18,23,25-27H,3-4,6,8,10H2,1-2H3/t13-,14-,15-,16+,19-,20-,21-/m0/s1. The quantitative estimate of drug-likeness (QED) is 0.532. The van der Waals surface area contributed by atoms with Gasteiger partial charge in [-0.05, 0) is 56.1 Å². The molecule has 4 aliphatic rings. The summed E-state index contributed by atoms with van der Waals surface area (Å²) in [6, 6.07) is 0. The first-order valence-corrected chi connectivity index (χ1v) is 9.80. The van der Waals surface area contributed by atoms with Crippen LogP contribution in [0, 0.1) is 28.6 Å². The van der Waals surface area contributed by atoms with E-state index in [0.717, 1.165) is 18.4 Å². The van der Waals surface area contributed by atoms with Crippen LogP contribution in [0.5, 0.6) is 0 Å². The molecule has 27 heavy (non-hydrogen) atoms. The molecule has 0 aliphatic heterocycles. The van der Waals surface area contributed by atoms with Gasteiger partial charge in [-0.1, -0.05) is 25.5 Å². The van der Waals surface area contributed by atoms with Crippen molar-refractivity contribution in [1.29, 1.82) is 0 Å². The highest BCUT2D eigenvalue weighted by molar-refractivity contribution is 6.01. The molecule has 0 heterocycles. The number of carbonyl (C=O) groups excluding carboxylic acids is 2. The number of hydrogen-bond donors (Lipinski definition) is 4. The summed E-state index contributed by atoms with van der Waals surface area (Å²) < 4.78 is 0. The van der Waals surface area contributed by atoms with Crippen LogP contribution in [0.4, 0.5) is 0 Å². The Morgan fingerprint density at radius 3 is 2.63 bits per heavy atom. The zero-order chi connectivity index (χ0) is 19.8. The van der Waals surface area contributed by atoms with E-state index in [9.17, 15) is 30.0 Å². The second-order valence-electron chi connectivity index (χ2n) is 9.35. The van der Waals surface area contributed by atoms with Crippen LogP contribution in [-0.4, -0.2) is 50.0 Å². The minimum Gasteiger partial charge on any atom is -0.393 e. The molecule has 6 heteroatoms. The summed E-state index contributed by atoms with van der Waals surface area (Å²) in [4.78, 5) is 24.2. The maximum absolute atomic E-state index is 12.4. The van der Waals surface area contributed by atoms with Gasteiger partial charge in [0.25, 0.3) is 0 Å². The first-order valence-electron chi connectivity index (χ1n) is 9.80. The molecule has 0 aromatic carbocycles. The average Bonchev–Trinajstić information content (AvgIpc) is 2.86. The molecule has 0 bridgehead atoms. The topological polar surface area (TPSA) is 115 Å². The number of allylic oxidation sites excluding steroid dienone is 4. The van der Waals surface area contributed by atoms with Gasteiger partial charge in [-0.3, -0.25) is 9.59 Å². The fourth-order valence-corrected chi connectivity index (χ4v) is 6.95. The van der Waals surface area contributed by atoms with Crippen molar-refractivity contribution in [3.8, 4) is 0 Å². The number of hydrogen-bond acceptors (Lipinski definition) is 6. The normalized spacial score (nSPS) is 48.7. The Hall–Kier alpha value is -1.34. The van der Waals surface area contributed by atoms with Gasteiger partial charge in [0.1, 0.15) is 5.60 Å². The fourth-order valence-electron chi connectivity index (χ4n) is 6.95.